The average Bonchev–Trinajstić information content (AvgIpc) is 2.89. The van der Waals surface area contributed by atoms with E-state index >= 15 is 0 Å². The summed E-state index contributed by atoms with van der Waals surface area (Å²) in [7, 11) is -3.13. The molecule has 216 valence electrons. The number of fused-ring (bicyclic) bond motifs is 1. The van der Waals surface area contributed by atoms with Crippen LogP contribution in [0.15, 0.2) is 48.7 Å². The van der Waals surface area contributed by atoms with Gasteiger partial charge in [0.1, 0.15) is 18.2 Å². The number of anilines is 1. The summed E-state index contributed by atoms with van der Waals surface area (Å²) in [5, 5.41) is 3.61. The summed E-state index contributed by atoms with van der Waals surface area (Å²) in [6, 6.07) is 8.60. The topological polar surface area (TPSA) is 135 Å². The number of nitrogens with one attached hydrogen (secondary N) is 1. The summed E-state index contributed by atoms with van der Waals surface area (Å²) in [6.07, 6.45) is 1.16. The first-order chi connectivity index (χ1) is 18.9. The molecule has 0 aliphatic rings. The van der Waals surface area contributed by atoms with Crippen LogP contribution in [0.5, 0.6) is 0 Å². The number of hydrogen-bond acceptors (Lipinski definition) is 7. The Kier molecular flexibility index (Phi) is 10.8. The summed E-state index contributed by atoms with van der Waals surface area (Å²) in [5.41, 5.74) is 0.0408. The Hall–Kier alpha value is -3.75. The van der Waals surface area contributed by atoms with Crippen molar-refractivity contribution in [1.82, 2.24) is 9.88 Å². The van der Waals surface area contributed by atoms with Gasteiger partial charge in [0.05, 0.1) is 12.6 Å². The number of carbonyl (C=O) groups is 2. The number of pyridine rings is 1. The second kappa shape index (κ2) is 14.1. The molecule has 0 saturated carbocycles. The van der Waals surface area contributed by atoms with Crippen LogP contribution >= 0.6 is 0 Å². The van der Waals surface area contributed by atoms with Crippen molar-refractivity contribution in [1.29, 1.82) is 0 Å². The molecule has 0 fully saturated rings. The van der Waals surface area contributed by atoms with E-state index in [1.54, 1.807) is 6.07 Å². The maximum Gasteiger partial charge on any atom is 0.412 e. The Morgan fingerprint density at radius 1 is 1.10 bits per heavy atom. The number of amides is 2. The smallest absolute Gasteiger partial charge is 0.412 e. The molecule has 0 spiro atoms. The third-order valence-electron chi connectivity index (χ3n) is 6.07. The number of halogens is 3. The SMILES string of the molecule is CN(C(=O)CCc1cccc(F)c1F)[C@@H](CCCCOS(=O)(=O)O)COC(=O)Nc1cc2cc(F)ccc2cn1. The van der Waals surface area contributed by atoms with Crippen molar-refractivity contribution in [2.24, 2.45) is 0 Å². The number of likely N-dealkylation sites (N-methyl/N-ethyl adjacent to an activating group) is 1. The Labute approximate surface area is 229 Å². The van der Waals surface area contributed by atoms with Crippen LogP contribution in [-0.4, -0.2) is 61.2 Å². The largest absolute Gasteiger partial charge is 0.447 e. The normalized spacial score (nSPS) is 12.2. The van der Waals surface area contributed by atoms with Crippen molar-refractivity contribution < 1.29 is 44.7 Å². The third kappa shape index (κ3) is 9.47. The maximum absolute atomic E-state index is 14.0. The highest BCUT2D eigenvalue weighted by Gasteiger charge is 2.22. The average molecular weight is 584 g/mol. The number of hydrogen-bond donors (Lipinski definition) is 2. The maximum atomic E-state index is 14.0. The van der Waals surface area contributed by atoms with E-state index in [0.29, 0.717) is 17.2 Å². The summed E-state index contributed by atoms with van der Waals surface area (Å²) in [6.45, 7) is -0.554. The van der Waals surface area contributed by atoms with Crippen molar-refractivity contribution in [3.8, 4) is 0 Å². The molecular formula is C26H28F3N3O7S. The van der Waals surface area contributed by atoms with E-state index in [1.165, 1.54) is 48.5 Å². The number of aryl methyl sites for hydroxylation is 1. The quantitative estimate of drug-likeness (QED) is 0.219. The van der Waals surface area contributed by atoms with E-state index in [1.807, 2.05) is 0 Å². The van der Waals surface area contributed by atoms with Crippen molar-refractivity contribution in [3.05, 3.63) is 71.7 Å². The highest BCUT2D eigenvalue weighted by molar-refractivity contribution is 7.80. The lowest BCUT2D eigenvalue weighted by atomic mass is 10.1. The minimum Gasteiger partial charge on any atom is -0.447 e. The van der Waals surface area contributed by atoms with E-state index in [0.717, 1.165) is 6.07 Å². The minimum atomic E-state index is -4.59. The zero-order valence-corrected chi connectivity index (χ0v) is 22.3. The van der Waals surface area contributed by atoms with Gasteiger partial charge in [-0.25, -0.2) is 27.1 Å². The van der Waals surface area contributed by atoms with Crippen LogP contribution in [0.1, 0.15) is 31.2 Å². The number of nitrogens with zero attached hydrogens (tertiary/aromatic N) is 2. The van der Waals surface area contributed by atoms with Crippen LogP contribution < -0.4 is 5.32 Å². The van der Waals surface area contributed by atoms with Crippen LogP contribution in [0.2, 0.25) is 0 Å². The first kappa shape index (κ1) is 30.8. The predicted octanol–water partition coefficient (Wildman–Crippen LogP) is 4.65. The fourth-order valence-electron chi connectivity index (χ4n) is 3.89. The van der Waals surface area contributed by atoms with E-state index in [-0.39, 0.29) is 50.3 Å². The monoisotopic (exact) mass is 583 g/mol. The molecule has 3 aromatic rings. The van der Waals surface area contributed by atoms with Crippen molar-refractivity contribution in [3.63, 3.8) is 0 Å². The van der Waals surface area contributed by atoms with Crippen LogP contribution in [0.25, 0.3) is 10.8 Å². The zero-order valence-electron chi connectivity index (χ0n) is 21.5. The third-order valence-corrected chi connectivity index (χ3v) is 6.53. The van der Waals surface area contributed by atoms with Gasteiger partial charge in [-0.05, 0) is 67.0 Å². The molecule has 10 nitrogen and oxygen atoms in total. The molecule has 1 heterocycles. The molecule has 3 rings (SSSR count). The van der Waals surface area contributed by atoms with Gasteiger partial charge < -0.3 is 9.64 Å². The Morgan fingerprint density at radius 2 is 1.88 bits per heavy atom. The van der Waals surface area contributed by atoms with E-state index in [4.69, 9.17) is 9.29 Å². The Morgan fingerprint density at radius 3 is 2.62 bits per heavy atom. The Balaban J connectivity index is 1.60. The van der Waals surface area contributed by atoms with Gasteiger partial charge >= 0.3 is 16.5 Å². The lowest BCUT2D eigenvalue weighted by Crippen LogP contribution is -2.41. The summed E-state index contributed by atoms with van der Waals surface area (Å²) in [4.78, 5) is 30.7. The molecule has 0 aliphatic carbocycles. The van der Waals surface area contributed by atoms with Crippen LogP contribution in [0.3, 0.4) is 0 Å². The zero-order chi connectivity index (χ0) is 29.3. The number of carbonyl (C=O) groups excluding carboxylic acids is 2. The molecule has 0 bridgehead atoms. The molecule has 0 aliphatic heterocycles. The van der Waals surface area contributed by atoms with Gasteiger partial charge in [-0.15, -0.1) is 0 Å². The molecule has 2 N–H and O–H groups in total. The molecule has 40 heavy (non-hydrogen) atoms. The first-order valence-electron chi connectivity index (χ1n) is 12.2. The van der Waals surface area contributed by atoms with Gasteiger partial charge in [0, 0.05) is 25.1 Å². The molecule has 0 saturated heterocycles. The number of unbranched alkanes of at least 4 members (excludes halogenated alkanes) is 1. The van der Waals surface area contributed by atoms with E-state index < -0.39 is 45.9 Å². The van der Waals surface area contributed by atoms with Crippen LogP contribution in [0.4, 0.5) is 23.8 Å². The van der Waals surface area contributed by atoms with Gasteiger partial charge in [0.2, 0.25) is 5.91 Å². The molecule has 14 heteroatoms. The second-order valence-electron chi connectivity index (χ2n) is 8.90. The predicted molar refractivity (Wildman–Crippen MR) is 139 cm³/mol. The lowest BCUT2D eigenvalue weighted by Gasteiger charge is -2.28. The number of rotatable bonds is 13. The molecule has 0 radical (unpaired) electrons. The number of benzene rings is 2. The minimum absolute atomic E-state index is 0.0408. The summed E-state index contributed by atoms with van der Waals surface area (Å²) < 4.78 is 80.7. The molecule has 2 amide bonds. The van der Waals surface area contributed by atoms with Crippen LogP contribution in [0, 0.1) is 17.5 Å². The van der Waals surface area contributed by atoms with Crippen molar-refractivity contribution in [2.45, 2.75) is 38.1 Å². The highest BCUT2D eigenvalue weighted by atomic mass is 32.3. The van der Waals surface area contributed by atoms with Gasteiger partial charge in [0.15, 0.2) is 11.6 Å². The summed E-state index contributed by atoms with van der Waals surface area (Å²) in [5.74, 6) is -2.81. The second-order valence-corrected chi connectivity index (χ2v) is 9.99. The fraction of sp³-hybridized carbons (Fsp3) is 0.346. The van der Waals surface area contributed by atoms with E-state index in [9.17, 15) is 31.2 Å². The molecule has 1 atom stereocenters. The molecule has 2 aromatic carbocycles. The molecular weight excluding hydrogens is 555 g/mol. The van der Waals surface area contributed by atoms with Crippen molar-refractivity contribution >= 4 is 39.0 Å². The van der Waals surface area contributed by atoms with Crippen LogP contribution in [-0.2, 0) is 30.5 Å². The molecule has 0 unspecified atom stereocenters. The lowest BCUT2D eigenvalue weighted by molar-refractivity contribution is -0.133. The van der Waals surface area contributed by atoms with Gasteiger partial charge in [-0.2, -0.15) is 8.42 Å². The van der Waals surface area contributed by atoms with Gasteiger partial charge in [0.25, 0.3) is 0 Å². The number of ether oxygens (including phenoxy) is 1. The fourth-order valence-corrected chi connectivity index (χ4v) is 4.22. The van der Waals surface area contributed by atoms with Crippen molar-refractivity contribution in [2.75, 3.05) is 25.6 Å². The Bertz CT molecular complexity index is 1460. The standard InChI is InChI=1S/C26H28F3N3O7S/c1-32(24(33)11-9-17-5-4-7-22(28)25(17)29)21(6-2-3-12-39-40(35,36)37)16-38-26(34)31-23-14-19-13-20(27)10-8-18(19)15-30-23/h4-5,7-8,10,13-15,21H,2-3,6,9,11-12,16H2,1H3,(H,30,31,34)(H,35,36,37)/t21-/m0/s1. The van der Waals surface area contributed by atoms with E-state index in [2.05, 4.69) is 14.5 Å². The molecule has 1 aromatic heterocycles. The van der Waals surface area contributed by atoms with Gasteiger partial charge in [-0.1, -0.05) is 12.1 Å². The highest BCUT2D eigenvalue weighted by Crippen LogP contribution is 2.19. The first-order valence-corrected chi connectivity index (χ1v) is 13.6. The summed E-state index contributed by atoms with van der Waals surface area (Å²) >= 11 is 0. The van der Waals surface area contributed by atoms with Gasteiger partial charge in [-0.3, -0.25) is 14.7 Å². The number of aromatic nitrogens is 1.